The van der Waals surface area contributed by atoms with E-state index < -0.39 is 15.6 Å². The Bertz CT molecular complexity index is 512. The van der Waals surface area contributed by atoms with Crippen LogP contribution in [0.15, 0.2) is 24.3 Å². The summed E-state index contributed by atoms with van der Waals surface area (Å²) in [4.78, 5) is 0. The second-order valence-electron chi connectivity index (χ2n) is 5.15. The Morgan fingerprint density at radius 1 is 1.26 bits per heavy atom. The van der Waals surface area contributed by atoms with E-state index in [1.807, 2.05) is 18.2 Å². The molecule has 0 aliphatic heterocycles. The molecule has 5 nitrogen and oxygen atoms in total. The van der Waals surface area contributed by atoms with Gasteiger partial charge in [-0.3, -0.25) is 0 Å². The molecule has 0 fully saturated rings. The smallest absolute Gasteiger partial charge is 0.216 e. The van der Waals surface area contributed by atoms with Crippen molar-refractivity contribution in [2.24, 2.45) is 5.73 Å². The lowest BCUT2D eigenvalue weighted by atomic mass is 10.1. The van der Waals surface area contributed by atoms with Crippen molar-refractivity contribution in [1.82, 2.24) is 4.72 Å². The highest BCUT2D eigenvalue weighted by atomic mass is 32.2. The SMILES string of the molecule is COCC(C)(C)NS(=O)(=O)Cc1ccccc1CN. The van der Waals surface area contributed by atoms with E-state index in [-0.39, 0.29) is 5.75 Å². The summed E-state index contributed by atoms with van der Waals surface area (Å²) < 4.78 is 31.9. The van der Waals surface area contributed by atoms with Gasteiger partial charge in [0.25, 0.3) is 0 Å². The van der Waals surface area contributed by atoms with Crippen LogP contribution in [0.25, 0.3) is 0 Å². The lowest BCUT2D eigenvalue weighted by molar-refractivity contribution is 0.141. The summed E-state index contributed by atoms with van der Waals surface area (Å²) >= 11 is 0. The van der Waals surface area contributed by atoms with Crippen LogP contribution in [0.1, 0.15) is 25.0 Å². The van der Waals surface area contributed by atoms with Crippen molar-refractivity contribution in [2.45, 2.75) is 31.7 Å². The highest BCUT2D eigenvalue weighted by Crippen LogP contribution is 2.13. The highest BCUT2D eigenvalue weighted by molar-refractivity contribution is 7.88. The van der Waals surface area contributed by atoms with Gasteiger partial charge in [-0.1, -0.05) is 24.3 Å². The van der Waals surface area contributed by atoms with Crippen molar-refractivity contribution in [2.75, 3.05) is 13.7 Å². The molecule has 108 valence electrons. The maximum absolute atomic E-state index is 12.2. The Labute approximate surface area is 115 Å². The summed E-state index contributed by atoms with van der Waals surface area (Å²) in [5.41, 5.74) is 6.55. The van der Waals surface area contributed by atoms with Crippen molar-refractivity contribution < 1.29 is 13.2 Å². The fraction of sp³-hybridized carbons (Fsp3) is 0.538. The molecule has 0 saturated heterocycles. The van der Waals surface area contributed by atoms with Crippen molar-refractivity contribution in [1.29, 1.82) is 0 Å². The highest BCUT2D eigenvalue weighted by Gasteiger charge is 2.25. The van der Waals surface area contributed by atoms with Crippen molar-refractivity contribution in [3.8, 4) is 0 Å². The van der Waals surface area contributed by atoms with Crippen LogP contribution in [0.5, 0.6) is 0 Å². The second-order valence-corrected chi connectivity index (χ2v) is 6.87. The zero-order valence-corrected chi connectivity index (χ0v) is 12.5. The summed E-state index contributed by atoms with van der Waals surface area (Å²) in [5, 5.41) is 0. The first kappa shape index (κ1) is 16.1. The molecule has 0 aliphatic rings. The Balaban J connectivity index is 2.85. The Morgan fingerprint density at radius 3 is 2.37 bits per heavy atom. The summed E-state index contributed by atoms with van der Waals surface area (Å²) in [5.74, 6) is -0.0759. The molecule has 19 heavy (non-hydrogen) atoms. The quantitative estimate of drug-likeness (QED) is 0.783. The first-order chi connectivity index (χ1) is 8.79. The molecule has 0 radical (unpaired) electrons. The molecule has 0 aromatic heterocycles. The minimum absolute atomic E-state index is 0.0759. The number of sulfonamides is 1. The summed E-state index contributed by atoms with van der Waals surface area (Å²) in [6, 6.07) is 7.28. The number of hydrogen-bond donors (Lipinski definition) is 2. The van der Waals surface area contributed by atoms with E-state index in [2.05, 4.69) is 4.72 Å². The van der Waals surface area contributed by atoms with Gasteiger partial charge in [0.2, 0.25) is 10.0 Å². The van der Waals surface area contributed by atoms with E-state index in [1.54, 1.807) is 27.0 Å². The number of methoxy groups -OCH3 is 1. The van der Waals surface area contributed by atoms with Gasteiger partial charge < -0.3 is 10.5 Å². The van der Waals surface area contributed by atoms with Crippen LogP contribution in [0, 0.1) is 0 Å². The number of hydrogen-bond acceptors (Lipinski definition) is 4. The van der Waals surface area contributed by atoms with Gasteiger partial charge in [0.05, 0.1) is 17.9 Å². The van der Waals surface area contributed by atoms with Crippen LogP contribution in [0.4, 0.5) is 0 Å². The summed E-state index contributed by atoms with van der Waals surface area (Å²) in [7, 11) is -1.89. The number of rotatable bonds is 7. The molecule has 0 atom stereocenters. The van der Waals surface area contributed by atoms with E-state index in [1.165, 1.54) is 0 Å². The third-order valence-electron chi connectivity index (χ3n) is 2.62. The van der Waals surface area contributed by atoms with Gasteiger partial charge in [-0.2, -0.15) is 0 Å². The molecule has 3 N–H and O–H groups in total. The van der Waals surface area contributed by atoms with E-state index in [4.69, 9.17) is 10.5 Å². The normalized spacial score (nSPS) is 12.6. The largest absolute Gasteiger partial charge is 0.383 e. The first-order valence-corrected chi connectivity index (χ1v) is 7.72. The molecule has 0 saturated carbocycles. The van der Waals surface area contributed by atoms with E-state index in [0.29, 0.717) is 13.2 Å². The number of benzene rings is 1. The topological polar surface area (TPSA) is 81.4 Å². The van der Waals surface area contributed by atoms with E-state index in [9.17, 15) is 8.42 Å². The van der Waals surface area contributed by atoms with Crippen LogP contribution >= 0.6 is 0 Å². The standard InChI is InChI=1S/C13H22N2O3S/c1-13(2,10-18-3)15-19(16,17)9-12-7-5-4-6-11(12)8-14/h4-7,15H,8-10,14H2,1-3H3. The number of nitrogens with two attached hydrogens (primary N) is 1. The van der Waals surface area contributed by atoms with Crippen molar-refractivity contribution in [3.63, 3.8) is 0 Å². The Kier molecular flexibility index (Phi) is 5.49. The molecule has 1 rings (SSSR count). The van der Waals surface area contributed by atoms with Crippen LogP contribution in [0.2, 0.25) is 0 Å². The van der Waals surface area contributed by atoms with Gasteiger partial charge >= 0.3 is 0 Å². The van der Waals surface area contributed by atoms with Gasteiger partial charge in [0.15, 0.2) is 0 Å². The fourth-order valence-corrected chi connectivity index (χ4v) is 3.61. The zero-order chi connectivity index (χ0) is 14.5. The number of nitrogens with one attached hydrogen (secondary N) is 1. The number of ether oxygens (including phenoxy) is 1. The molecule has 0 unspecified atom stereocenters. The van der Waals surface area contributed by atoms with Gasteiger partial charge in [-0.25, -0.2) is 13.1 Å². The monoisotopic (exact) mass is 286 g/mol. The third kappa shape index (κ3) is 5.28. The molecular weight excluding hydrogens is 264 g/mol. The second kappa shape index (κ2) is 6.47. The average Bonchev–Trinajstić information content (AvgIpc) is 2.27. The minimum atomic E-state index is -3.43. The van der Waals surface area contributed by atoms with Gasteiger partial charge in [-0.05, 0) is 25.0 Å². The summed E-state index contributed by atoms with van der Waals surface area (Å²) in [6.45, 7) is 4.20. The Morgan fingerprint density at radius 2 is 1.84 bits per heavy atom. The van der Waals surface area contributed by atoms with E-state index in [0.717, 1.165) is 11.1 Å². The van der Waals surface area contributed by atoms with Gasteiger partial charge in [0.1, 0.15) is 0 Å². The first-order valence-electron chi connectivity index (χ1n) is 6.07. The van der Waals surface area contributed by atoms with Crippen LogP contribution < -0.4 is 10.5 Å². The van der Waals surface area contributed by atoms with Gasteiger partial charge in [0, 0.05) is 13.7 Å². The third-order valence-corrected chi connectivity index (χ3v) is 4.18. The lowest BCUT2D eigenvalue weighted by Crippen LogP contribution is -2.47. The molecule has 0 aliphatic carbocycles. The Hall–Kier alpha value is -0.950. The predicted octanol–water partition coefficient (Wildman–Crippen LogP) is 0.990. The van der Waals surface area contributed by atoms with E-state index >= 15 is 0 Å². The molecule has 0 bridgehead atoms. The summed E-state index contributed by atoms with van der Waals surface area (Å²) in [6.07, 6.45) is 0. The van der Waals surface area contributed by atoms with Gasteiger partial charge in [-0.15, -0.1) is 0 Å². The van der Waals surface area contributed by atoms with Crippen molar-refractivity contribution in [3.05, 3.63) is 35.4 Å². The van der Waals surface area contributed by atoms with Crippen LogP contribution in [-0.4, -0.2) is 27.7 Å². The maximum Gasteiger partial charge on any atom is 0.216 e. The average molecular weight is 286 g/mol. The predicted molar refractivity (Wildman–Crippen MR) is 76.0 cm³/mol. The molecule has 1 aromatic rings. The molecule has 0 heterocycles. The lowest BCUT2D eigenvalue weighted by Gasteiger charge is -2.25. The molecule has 0 spiro atoms. The van der Waals surface area contributed by atoms with Crippen molar-refractivity contribution >= 4 is 10.0 Å². The fourth-order valence-electron chi connectivity index (χ4n) is 1.95. The molecular formula is C13H22N2O3S. The maximum atomic E-state index is 12.2. The molecule has 6 heteroatoms. The van der Waals surface area contributed by atoms with Crippen LogP contribution in [-0.2, 0) is 27.1 Å². The molecule has 1 aromatic carbocycles. The zero-order valence-electron chi connectivity index (χ0n) is 11.6. The van der Waals surface area contributed by atoms with Crippen LogP contribution in [0.3, 0.4) is 0 Å². The molecule has 0 amide bonds. The minimum Gasteiger partial charge on any atom is -0.383 e.